The van der Waals surface area contributed by atoms with Crippen LogP contribution in [0.2, 0.25) is 0 Å². The van der Waals surface area contributed by atoms with Crippen molar-refractivity contribution in [1.82, 2.24) is 9.80 Å². The van der Waals surface area contributed by atoms with Crippen LogP contribution in [0, 0.1) is 5.92 Å². The molecular weight excluding hydrogens is 404 g/mol. The summed E-state index contributed by atoms with van der Waals surface area (Å²) in [6, 6.07) is 13.7. The molecule has 0 N–H and O–H groups in total. The Hall–Kier alpha value is -2.89. The van der Waals surface area contributed by atoms with E-state index in [0.717, 1.165) is 30.0 Å². The highest BCUT2D eigenvalue weighted by Crippen LogP contribution is 2.21. The molecule has 0 bridgehead atoms. The number of ether oxygens (including phenoxy) is 1. The van der Waals surface area contributed by atoms with Gasteiger partial charge in [-0.25, -0.2) is 0 Å². The number of fused-ring (bicyclic) bond motifs is 1. The lowest BCUT2D eigenvalue weighted by atomic mass is 9.98. The maximum Gasteiger partial charge on any atom is 0.310 e. The summed E-state index contributed by atoms with van der Waals surface area (Å²) in [6.07, 6.45) is 2.60. The zero-order chi connectivity index (χ0) is 23.1. The minimum atomic E-state index is -0.252. The normalized spacial score (nSPS) is 17.1. The molecule has 32 heavy (non-hydrogen) atoms. The lowest BCUT2D eigenvalue weighted by Gasteiger charge is -2.33. The zero-order valence-corrected chi connectivity index (χ0v) is 19.4. The number of esters is 1. The third-order valence-corrected chi connectivity index (χ3v) is 6.34. The molecule has 0 aromatic heterocycles. The zero-order valence-electron chi connectivity index (χ0n) is 19.4. The first-order chi connectivity index (χ1) is 15.4. The molecule has 6 nitrogen and oxygen atoms in total. The summed E-state index contributed by atoms with van der Waals surface area (Å²) in [5.41, 5.74) is 0.636. The summed E-state index contributed by atoms with van der Waals surface area (Å²) in [7, 11) is 0. The topological polar surface area (TPSA) is 66.9 Å². The summed E-state index contributed by atoms with van der Waals surface area (Å²) in [5.74, 6) is -0.546. The largest absolute Gasteiger partial charge is 0.466 e. The van der Waals surface area contributed by atoms with E-state index in [9.17, 15) is 14.4 Å². The number of likely N-dealkylation sites (tertiary alicyclic amines) is 1. The Kier molecular flexibility index (Phi) is 8.26. The van der Waals surface area contributed by atoms with E-state index in [0.29, 0.717) is 31.8 Å². The molecule has 2 unspecified atom stereocenters. The van der Waals surface area contributed by atoms with Crippen LogP contribution in [-0.4, -0.2) is 59.9 Å². The van der Waals surface area contributed by atoms with E-state index in [1.165, 1.54) is 0 Å². The highest BCUT2D eigenvalue weighted by Gasteiger charge is 2.30. The van der Waals surface area contributed by atoms with Gasteiger partial charge in [-0.3, -0.25) is 14.4 Å². The highest BCUT2D eigenvalue weighted by molar-refractivity contribution is 5.99. The molecule has 2 amide bonds. The molecule has 0 saturated carbocycles. The average molecular weight is 439 g/mol. The Labute approximate surface area is 190 Å². The van der Waals surface area contributed by atoms with Crippen LogP contribution < -0.4 is 0 Å². The van der Waals surface area contributed by atoms with Gasteiger partial charge in [-0.1, -0.05) is 37.3 Å². The Morgan fingerprint density at radius 3 is 2.59 bits per heavy atom. The van der Waals surface area contributed by atoms with Gasteiger partial charge in [-0.05, 0) is 56.0 Å². The highest BCUT2D eigenvalue weighted by atomic mass is 16.5. The van der Waals surface area contributed by atoms with Crippen molar-refractivity contribution in [3.05, 3.63) is 48.0 Å². The molecule has 1 aliphatic heterocycles. The van der Waals surface area contributed by atoms with Gasteiger partial charge in [-0.2, -0.15) is 0 Å². The second-order valence-electron chi connectivity index (χ2n) is 8.50. The average Bonchev–Trinajstić information content (AvgIpc) is 2.83. The predicted molar refractivity (Wildman–Crippen MR) is 125 cm³/mol. The second kappa shape index (κ2) is 11.1. The first-order valence-electron chi connectivity index (χ1n) is 11.7. The second-order valence-corrected chi connectivity index (χ2v) is 8.50. The third kappa shape index (κ3) is 5.67. The van der Waals surface area contributed by atoms with Gasteiger partial charge in [-0.15, -0.1) is 0 Å². The number of benzene rings is 2. The summed E-state index contributed by atoms with van der Waals surface area (Å²) in [5, 5.41) is 2.12. The minimum absolute atomic E-state index is 0.0152. The van der Waals surface area contributed by atoms with E-state index in [4.69, 9.17) is 4.74 Å². The van der Waals surface area contributed by atoms with Crippen molar-refractivity contribution < 1.29 is 19.1 Å². The van der Waals surface area contributed by atoms with E-state index in [-0.39, 0.29) is 36.2 Å². The molecule has 3 rings (SSSR count). The SMILES string of the molecule is CCOC(=O)C1CCCN(C(=O)CCN(C(=O)c2ccc3ccccc3c2)C(C)CC)C1. The summed E-state index contributed by atoms with van der Waals surface area (Å²) in [6.45, 7) is 7.61. The molecular formula is C26H34N2O4. The Morgan fingerprint density at radius 1 is 1.12 bits per heavy atom. The molecule has 0 aliphatic carbocycles. The number of carbonyl (C=O) groups is 3. The third-order valence-electron chi connectivity index (χ3n) is 6.34. The van der Waals surface area contributed by atoms with Gasteiger partial charge in [0.15, 0.2) is 0 Å². The van der Waals surface area contributed by atoms with Crippen LogP contribution >= 0.6 is 0 Å². The van der Waals surface area contributed by atoms with Gasteiger partial charge in [0.1, 0.15) is 0 Å². The van der Waals surface area contributed by atoms with Gasteiger partial charge in [0.05, 0.1) is 12.5 Å². The van der Waals surface area contributed by atoms with Gasteiger partial charge in [0.25, 0.3) is 5.91 Å². The standard InChI is InChI=1S/C26H34N2O4/c1-4-19(3)28(25(30)22-13-12-20-9-6-7-10-21(20)17-22)16-14-24(29)27-15-8-11-23(18-27)26(31)32-5-2/h6-7,9-10,12-13,17,19,23H,4-5,8,11,14-16,18H2,1-3H3. The molecule has 1 saturated heterocycles. The van der Waals surface area contributed by atoms with Crippen molar-refractivity contribution in [1.29, 1.82) is 0 Å². The quantitative estimate of drug-likeness (QED) is 0.577. The smallest absolute Gasteiger partial charge is 0.310 e. The predicted octanol–water partition coefficient (Wildman–Crippen LogP) is 4.27. The van der Waals surface area contributed by atoms with Gasteiger partial charge in [0, 0.05) is 37.7 Å². The van der Waals surface area contributed by atoms with Crippen molar-refractivity contribution in [2.45, 2.75) is 52.5 Å². The number of hydrogen-bond donors (Lipinski definition) is 0. The molecule has 0 spiro atoms. The summed E-state index contributed by atoms with van der Waals surface area (Å²) in [4.78, 5) is 41.9. The van der Waals surface area contributed by atoms with Crippen LogP contribution in [0.1, 0.15) is 56.8 Å². The Balaban J connectivity index is 1.66. The molecule has 172 valence electrons. The summed E-state index contributed by atoms with van der Waals surface area (Å²) < 4.78 is 5.13. The summed E-state index contributed by atoms with van der Waals surface area (Å²) >= 11 is 0. The number of amides is 2. The number of nitrogens with zero attached hydrogens (tertiary/aromatic N) is 2. The van der Waals surface area contributed by atoms with Crippen molar-refractivity contribution in [2.24, 2.45) is 5.92 Å². The molecule has 1 aliphatic rings. The van der Waals surface area contributed by atoms with Crippen molar-refractivity contribution in [3.63, 3.8) is 0 Å². The first kappa shape index (κ1) is 23.8. The molecule has 1 fully saturated rings. The monoisotopic (exact) mass is 438 g/mol. The Bertz CT molecular complexity index is 958. The molecule has 2 aromatic carbocycles. The van der Waals surface area contributed by atoms with Gasteiger partial charge in [0.2, 0.25) is 5.91 Å². The number of carbonyl (C=O) groups excluding carboxylic acids is 3. The fourth-order valence-electron chi connectivity index (χ4n) is 4.26. The van der Waals surface area contributed by atoms with E-state index >= 15 is 0 Å². The molecule has 0 radical (unpaired) electrons. The van der Waals surface area contributed by atoms with E-state index < -0.39 is 0 Å². The fraction of sp³-hybridized carbons (Fsp3) is 0.500. The van der Waals surface area contributed by atoms with Crippen molar-refractivity contribution >= 4 is 28.6 Å². The lowest BCUT2D eigenvalue weighted by molar-refractivity contribution is -0.151. The first-order valence-corrected chi connectivity index (χ1v) is 11.7. The van der Waals surface area contributed by atoms with Crippen molar-refractivity contribution in [2.75, 3.05) is 26.2 Å². The maximum atomic E-state index is 13.3. The lowest BCUT2D eigenvalue weighted by Crippen LogP contribution is -2.45. The Morgan fingerprint density at radius 2 is 1.88 bits per heavy atom. The number of piperidine rings is 1. The van der Waals surface area contributed by atoms with E-state index in [1.54, 1.807) is 16.7 Å². The molecule has 1 heterocycles. The van der Waals surface area contributed by atoms with E-state index in [2.05, 4.69) is 0 Å². The van der Waals surface area contributed by atoms with Crippen LogP contribution in [0.4, 0.5) is 0 Å². The van der Waals surface area contributed by atoms with Crippen LogP contribution in [0.15, 0.2) is 42.5 Å². The van der Waals surface area contributed by atoms with Gasteiger partial charge >= 0.3 is 5.97 Å². The minimum Gasteiger partial charge on any atom is -0.466 e. The van der Waals surface area contributed by atoms with Crippen LogP contribution in [-0.2, 0) is 14.3 Å². The van der Waals surface area contributed by atoms with Crippen LogP contribution in [0.25, 0.3) is 10.8 Å². The van der Waals surface area contributed by atoms with Crippen LogP contribution in [0.5, 0.6) is 0 Å². The molecule has 2 atom stereocenters. The number of rotatable bonds is 8. The van der Waals surface area contributed by atoms with Crippen LogP contribution in [0.3, 0.4) is 0 Å². The molecule has 2 aromatic rings. The van der Waals surface area contributed by atoms with Gasteiger partial charge < -0.3 is 14.5 Å². The number of hydrogen-bond acceptors (Lipinski definition) is 4. The van der Waals surface area contributed by atoms with Crippen molar-refractivity contribution in [3.8, 4) is 0 Å². The molecule has 6 heteroatoms. The van der Waals surface area contributed by atoms with E-state index in [1.807, 2.05) is 56.3 Å². The maximum absolute atomic E-state index is 13.3. The fourth-order valence-corrected chi connectivity index (χ4v) is 4.26.